The van der Waals surface area contributed by atoms with Crippen molar-refractivity contribution in [3.8, 4) is 5.75 Å². The SMILES string of the molecule is CC(C)CC[C@@H](c1ccc(O)c2ccccc12)N1CCNCC1.Cl.Cl. The van der Waals surface area contributed by atoms with E-state index in [1.807, 2.05) is 18.2 Å². The zero-order chi connectivity index (χ0) is 16.2. The summed E-state index contributed by atoms with van der Waals surface area (Å²) in [5.41, 5.74) is 1.36. The number of phenols is 1. The van der Waals surface area contributed by atoms with Gasteiger partial charge in [0.2, 0.25) is 0 Å². The van der Waals surface area contributed by atoms with Crippen LogP contribution < -0.4 is 5.32 Å². The molecule has 0 amide bonds. The Balaban J connectivity index is 0.00000156. The average molecular weight is 385 g/mol. The van der Waals surface area contributed by atoms with Gasteiger partial charge in [0.15, 0.2) is 0 Å². The number of piperazine rings is 1. The summed E-state index contributed by atoms with van der Waals surface area (Å²) in [6.07, 6.45) is 2.40. The Morgan fingerprint density at radius 1 is 0.960 bits per heavy atom. The number of rotatable bonds is 5. The molecule has 3 nitrogen and oxygen atoms in total. The van der Waals surface area contributed by atoms with Crippen molar-refractivity contribution in [2.24, 2.45) is 5.92 Å². The second-order valence-corrected chi connectivity index (χ2v) is 6.99. The number of phenolic OH excluding ortho intramolecular Hbond substituents is 1. The van der Waals surface area contributed by atoms with Gasteiger partial charge in [0, 0.05) is 37.6 Å². The molecular weight excluding hydrogens is 355 g/mol. The summed E-state index contributed by atoms with van der Waals surface area (Å²) < 4.78 is 0. The highest BCUT2D eigenvalue weighted by Crippen LogP contribution is 2.36. The number of hydrogen-bond donors (Lipinski definition) is 2. The zero-order valence-corrected chi connectivity index (χ0v) is 16.7. The van der Waals surface area contributed by atoms with Crippen molar-refractivity contribution in [3.05, 3.63) is 42.0 Å². The van der Waals surface area contributed by atoms with Gasteiger partial charge in [-0.1, -0.05) is 44.2 Å². The second-order valence-electron chi connectivity index (χ2n) is 6.99. The van der Waals surface area contributed by atoms with Crippen molar-refractivity contribution >= 4 is 35.6 Å². The molecule has 2 aromatic rings. The maximum atomic E-state index is 10.2. The summed E-state index contributed by atoms with van der Waals surface area (Å²) in [5, 5.41) is 15.8. The standard InChI is InChI=1S/C20H28N2O.2ClH/c1-15(2)7-9-19(22-13-11-21-12-14-22)17-8-10-20(23)18-6-4-3-5-16(17)18;;/h3-6,8,10,15,19,21,23H,7,9,11-14H2,1-2H3;2*1H/t19-;;/m0../s1. The van der Waals surface area contributed by atoms with E-state index in [0.717, 1.165) is 31.6 Å². The Labute approximate surface area is 163 Å². The predicted molar refractivity (Wildman–Crippen MR) is 111 cm³/mol. The number of nitrogens with zero attached hydrogens (tertiary/aromatic N) is 1. The van der Waals surface area contributed by atoms with E-state index in [1.165, 1.54) is 23.8 Å². The largest absolute Gasteiger partial charge is 0.507 e. The van der Waals surface area contributed by atoms with Gasteiger partial charge in [0.1, 0.15) is 5.75 Å². The van der Waals surface area contributed by atoms with Crippen LogP contribution in [0.3, 0.4) is 0 Å². The van der Waals surface area contributed by atoms with E-state index in [9.17, 15) is 5.11 Å². The molecule has 3 rings (SSSR count). The normalized spacial score (nSPS) is 16.3. The molecule has 1 saturated heterocycles. The molecule has 0 radical (unpaired) electrons. The minimum atomic E-state index is 0. The van der Waals surface area contributed by atoms with Gasteiger partial charge in [-0.05, 0) is 35.8 Å². The minimum Gasteiger partial charge on any atom is -0.507 e. The van der Waals surface area contributed by atoms with Crippen LogP contribution in [-0.4, -0.2) is 36.2 Å². The smallest absolute Gasteiger partial charge is 0.123 e. The molecule has 2 N–H and O–H groups in total. The first-order chi connectivity index (χ1) is 11.2. The highest BCUT2D eigenvalue weighted by Gasteiger charge is 2.24. The van der Waals surface area contributed by atoms with Gasteiger partial charge in [0.25, 0.3) is 0 Å². The van der Waals surface area contributed by atoms with Gasteiger partial charge >= 0.3 is 0 Å². The van der Waals surface area contributed by atoms with Crippen molar-refractivity contribution in [1.29, 1.82) is 0 Å². The van der Waals surface area contributed by atoms with Crippen LogP contribution in [0.4, 0.5) is 0 Å². The van der Waals surface area contributed by atoms with E-state index in [4.69, 9.17) is 0 Å². The van der Waals surface area contributed by atoms with E-state index in [1.54, 1.807) is 0 Å². The minimum absolute atomic E-state index is 0. The average Bonchev–Trinajstić information content (AvgIpc) is 2.58. The number of fused-ring (bicyclic) bond motifs is 1. The fourth-order valence-electron chi connectivity index (χ4n) is 3.62. The Bertz CT molecular complexity index is 657. The third-order valence-electron chi connectivity index (χ3n) is 4.90. The number of aromatic hydroxyl groups is 1. The van der Waals surface area contributed by atoms with Crippen molar-refractivity contribution in [2.45, 2.75) is 32.7 Å². The third kappa shape index (κ3) is 5.24. The summed E-state index contributed by atoms with van der Waals surface area (Å²) >= 11 is 0. The lowest BCUT2D eigenvalue weighted by Gasteiger charge is -2.36. The monoisotopic (exact) mass is 384 g/mol. The molecule has 140 valence electrons. The molecule has 1 aliphatic rings. The maximum Gasteiger partial charge on any atom is 0.123 e. The molecule has 2 aromatic carbocycles. The molecule has 1 fully saturated rings. The fourth-order valence-corrected chi connectivity index (χ4v) is 3.62. The molecule has 0 unspecified atom stereocenters. The molecular formula is C20H30Cl2N2O. The molecule has 1 atom stereocenters. The Morgan fingerprint density at radius 3 is 2.24 bits per heavy atom. The van der Waals surface area contributed by atoms with Crippen molar-refractivity contribution in [2.75, 3.05) is 26.2 Å². The number of hydrogen-bond acceptors (Lipinski definition) is 3. The molecule has 0 aliphatic carbocycles. The number of benzene rings is 2. The summed E-state index contributed by atoms with van der Waals surface area (Å²) in [4.78, 5) is 2.61. The molecule has 1 aliphatic heterocycles. The lowest BCUT2D eigenvalue weighted by molar-refractivity contribution is 0.161. The first-order valence-corrected chi connectivity index (χ1v) is 8.82. The van der Waals surface area contributed by atoms with Crippen LogP contribution in [-0.2, 0) is 0 Å². The van der Waals surface area contributed by atoms with Gasteiger partial charge in [-0.3, -0.25) is 4.90 Å². The molecule has 1 heterocycles. The van der Waals surface area contributed by atoms with Crippen LogP contribution in [0.1, 0.15) is 38.3 Å². The van der Waals surface area contributed by atoms with Gasteiger partial charge in [0.05, 0.1) is 0 Å². The Hall–Kier alpha value is -1.000. The first kappa shape index (κ1) is 22.0. The van der Waals surface area contributed by atoms with E-state index in [-0.39, 0.29) is 24.8 Å². The number of nitrogens with one attached hydrogen (secondary N) is 1. The van der Waals surface area contributed by atoms with Crippen LogP contribution in [0, 0.1) is 5.92 Å². The highest BCUT2D eigenvalue weighted by molar-refractivity contribution is 5.91. The van der Waals surface area contributed by atoms with Crippen molar-refractivity contribution in [1.82, 2.24) is 10.2 Å². The van der Waals surface area contributed by atoms with Crippen LogP contribution in [0.5, 0.6) is 5.75 Å². The lowest BCUT2D eigenvalue weighted by atomic mass is 9.91. The highest BCUT2D eigenvalue weighted by atomic mass is 35.5. The second kappa shape index (κ2) is 10.2. The fraction of sp³-hybridized carbons (Fsp3) is 0.500. The summed E-state index contributed by atoms with van der Waals surface area (Å²) in [7, 11) is 0. The predicted octanol–water partition coefficient (Wildman–Crippen LogP) is 4.77. The molecule has 0 bridgehead atoms. The topological polar surface area (TPSA) is 35.5 Å². The van der Waals surface area contributed by atoms with E-state index in [2.05, 4.69) is 42.3 Å². The van der Waals surface area contributed by atoms with E-state index < -0.39 is 0 Å². The first-order valence-electron chi connectivity index (χ1n) is 8.82. The van der Waals surface area contributed by atoms with Crippen LogP contribution >= 0.6 is 24.8 Å². The Kier molecular flexibility index (Phi) is 9.01. The maximum absolute atomic E-state index is 10.2. The summed E-state index contributed by atoms with van der Waals surface area (Å²) in [6, 6.07) is 12.7. The summed E-state index contributed by atoms with van der Waals surface area (Å²) in [6.45, 7) is 8.91. The van der Waals surface area contributed by atoms with E-state index >= 15 is 0 Å². The third-order valence-corrected chi connectivity index (χ3v) is 4.90. The van der Waals surface area contributed by atoms with Gasteiger partial charge < -0.3 is 10.4 Å². The van der Waals surface area contributed by atoms with Gasteiger partial charge in [-0.15, -0.1) is 24.8 Å². The van der Waals surface area contributed by atoms with Crippen LogP contribution in [0.15, 0.2) is 36.4 Å². The quantitative estimate of drug-likeness (QED) is 0.778. The zero-order valence-electron chi connectivity index (χ0n) is 15.1. The van der Waals surface area contributed by atoms with Crippen LogP contribution in [0.2, 0.25) is 0 Å². The van der Waals surface area contributed by atoms with Crippen LogP contribution in [0.25, 0.3) is 10.8 Å². The van der Waals surface area contributed by atoms with Crippen molar-refractivity contribution in [3.63, 3.8) is 0 Å². The molecule has 5 heteroatoms. The van der Waals surface area contributed by atoms with Gasteiger partial charge in [-0.25, -0.2) is 0 Å². The molecule has 0 aromatic heterocycles. The number of halogens is 2. The molecule has 0 spiro atoms. The van der Waals surface area contributed by atoms with Gasteiger partial charge in [-0.2, -0.15) is 0 Å². The van der Waals surface area contributed by atoms with E-state index in [0.29, 0.717) is 17.7 Å². The summed E-state index contributed by atoms with van der Waals surface area (Å²) in [5.74, 6) is 1.09. The molecule has 0 saturated carbocycles. The van der Waals surface area contributed by atoms with Crippen molar-refractivity contribution < 1.29 is 5.11 Å². The Morgan fingerprint density at radius 2 is 1.60 bits per heavy atom. The molecule has 25 heavy (non-hydrogen) atoms. The lowest BCUT2D eigenvalue weighted by Crippen LogP contribution is -2.45.